The van der Waals surface area contributed by atoms with Crippen molar-refractivity contribution in [2.24, 2.45) is 35.1 Å². The first kappa shape index (κ1) is 124. The summed E-state index contributed by atoms with van der Waals surface area (Å²) in [5.74, 6) is 21.6. The smallest absolute Gasteiger partial charge is 0.467 e. The Bertz CT molecular complexity index is 4030. The first-order chi connectivity index (χ1) is 53.3. The van der Waals surface area contributed by atoms with Gasteiger partial charge in [0.05, 0.1) is 37.8 Å². The van der Waals surface area contributed by atoms with Gasteiger partial charge in [-0.05, 0) is 213 Å². The number of amides is 8. The van der Waals surface area contributed by atoms with Gasteiger partial charge in [0.15, 0.2) is 0 Å². The molecule has 0 saturated carbocycles. The number of alkyl halides is 3. The molecule has 0 bridgehead atoms. The van der Waals surface area contributed by atoms with Crippen LogP contribution in [0.4, 0.5) is 27.6 Å². The number of alkyl carbamates (subject to hydrolysis) is 3. The summed E-state index contributed by atoms with van der Waals surface area (Å²) in [4.78, 5) is 127. The molecule has 118 heavy (non-hydrogen) atoms. The van der Waals surface area contributed by atoms with E-state index >= 15 is 0 Å². The quantitative estimate of drug-likeness (QED) is 0.0435. The number of aromatic nitrogens is 1. The van der Waals surface area contributed by atoms with Crippen LogP contribution in [0.2, 0.25) is 0 Å². The van der Waals surface area contributed by atoms with Crippen LogP contribution >= 0.6 is 0 Å². The van der Waals surface area contributed by atoms with Gasteiger partial charge in [-0.25, -0.2) is 24.0 Å². The number of pyridine rings is 1. The molecule has 0 unspecified atom stereocenters. The highest BCUT2D eigenvalue weighted by atomic mass is 32.2. The zero-order valence-electron chi connectivity index (χ0n) is 68.8. The summed E-state index contributed by atoms with van der Waals surface area (Å²) in [6, 6.07) is 6.90. The lowest BCUT2D eigenvalue weighted by molar-refractivity contribution is -0.201. The van der Waals surface area contributed by atoms with E-state index in [-0.39, 0.29) is 73.7 Å². The Balaban J connectivity index is -0.000000163. The maximum atomic E-state index is 11.7. The molecule has 1 aromatic rings. The van der Waals surface area contributed by atoms with Crippen LogP contribution in [0.25, 0.3) is 0 Å². The molecule has 41 heteroatoms. The molecule has 0 aromatic carbocycles. The SMILES string of the molecule is C.C#CC#CC.C#CC#CC#C.C#CC#CC#CC.CC(=O)OC(=O)C(F)(F)F.CC(C)(C)OC(=O)N[C@@H](C[C@@H]1CCNC1=O)C(N)=O.CC(C)(C)OC(=O)N[C@H](C#N)C[C@@H]1CCNC1=O.CO.COC(=O)[C@H](C[C@@H]1CCNC1=O)NC(=O)OC(C)(C)C.CS(=O)(=O)O.CS(=O)(=O)O.Cc1cccc(C)n1.N.N#C[C@@H](N)C[C@@H]1CCNC1=O. The number of hydrogen-bond acceptors (Lipinski definition) is 26. The molecule has 0 aliphatic carbocycles. The van der Waals surface area contributed by atoms with E-state index in [4.69, 9.17) is 76.1 Å². The fraction of sp³-hybridized carbons (Fsp3) is 0.558. The van der Waals surface area contributed by atoms with Gasteiger partial charge in [0.1, 0.15) is 34.9 Å². The van der Waals surface area contributed by atoms with Gasteiger partial charge in [-0.2, -0.15) is 40.5 Å². The van der Waals surface area contributed by atoms with E-state index in [9.17, 15) is 82.7 Å². The molecule has 0 spiro atoms. The summed E-state index contributed by atoms with van der Waals surface area (Å²) in [6.45, 7) is 26.2. The van der Waals surface area contributed by atoms with Crippen LogP contribution in [0.15, 0.2) is 18.2 Å². The highest BCUT2D eigenvalue weighted by Crippen LogP contribution is 2.21. The first-order valence-corrected chi connectivity index (χ1v) is 37.7. The van der Waals surface area contributed by atoms with Crippen LogP contribution in [0, 0.1) is 157 Å². The van der Waals surface area contributed by atoms with Crippen LogP contribution in [0.1, 0.15) is 153 Å². The van der Waals surface area contributed by atoms with Crippen molar-refractivity contribution in [2.45, 2.75) is 203 Å². The third-order valence-electron chi connectivity index (χ3n) is 12.2. The molecule has 4 saturated heterocycles. The van der Waals surface area contributed by atoms with Crippen molar-refractivity contribution in [1.82, 2.24) is 48.4 Å². The lowest BCUT2D eigenvalue weighted by atomic mass is 9.98. The van der Waals surface area contributed by atoms with Crippen LogP contribution in [-0.4, -0.2) is 202 Å². The van der Waals surface area contributed by atoms with Gasteiger partial charge in [0.25, 0.3) is 20.2 Å². The van der Waals surface area contributed by atoms with Crippen molar-refractivity contribution in [1.29, 1.82) is 10.5 Å². The van der Waals surface area contributed by atoms with E-state index in [1.165, 1.54) is 7.11 Å². The summed E-state index contributed by atoms with van der Waals surface area (Å²) >= 11 is 0. The molecule has 4 aliphatic rings. The van der Waals surface area contributed by atoms with Gasteiger partial charge in [-0.1, -0.05) is 25.3 Å². The largest absolute Gasteiger partial charge is 0.491 e. The number of nitrogens with one attached hydrogen (secondary N) is 7. The minimum Gasteiger partial charge on any atom is -0.467 e. The molecule has 4 aliphatic heterocycles. The molecular weight excluding hydrogens is 1600 g/mol. The number of aliphatic hydroxyl groups excluding tert-OH is 1. The number of nitrogens with zero attached hydrogens (tertiary/aromatic N) is 3. The number of nitrogens with two attached hydrogens (primary N) is 2. The van der Waals surface area contributed by atoms with Crippen molar-refractivity contribution < 1.29 is 121 Å². The van der Waals surface area contributed by atoms with Crippen LogP contribution < -0.4 is 54.8 Å². The standard InChI is InChI=1S/C13H22N2O5.C12H21N3O4.C12H19N3O3.C7H11N3O.C7H9N.C7H4.C6H2.C5H4.C4H3F3O3.2CH4O3S.CH4O.CH4.H3N/c1-13(2,3)20-12(18)15-9(11(17)19-4)7-8-5-6-14-10(8)16;1-12(2,3)19-11(18)15-8(9(13)16)6-7-4-5-14-10(7)17;1-12(2,3)18-11(17)15-9(7-13)6-8-4-5-14-10(8)16;8-4-6(9)3-5-1-2-10-7(5)11;1-6-4-3-5-7(2)8-6;1-3-5-7-6-4-2;1-3-5-6-4-2;1-3-5-4-2;1-2(8)10-3(9)4(5,6)7;2*1-5(2,3)4;1-2;;/h8-9H,5-7H2,1-4H3,(H,14,16)(H,15,18);7-8H,4-6H2,1-3H3,(H2,13,16)(H,14,17)(H,15,18);8-9H,4-6H2,1-3H3,(H,14,16)(H,15,17);5-6H,1-3,9H2,(H,10,11);3-5H,1-2H3;1H,2H3;1-2H;1H,2H3;1H3;2*1H3,(H,2,3,4);2H,1H3;1H4;1H3/t8-,9-;7-,8-;8-,9-;5-,6-;;;;;;;;;;/m0000........../s1. The maximum absolute atomic E-state index is 11.7. The molecule has 658 valence electrons. The zero-order chi connectivity index (χ0) is 91.8. The van der Waals surface area contributed by atoms with E-state index < -0.39 is 109 Å². The van der Waals surface area contributed by atoms with Gasteiger partial charge in [0.2, 0.25) is 29.5 Å². The van der Waals surface area contributed by atoms with Gasteiger partial charge in [0, 0.05) is 75.3 Å². The fourth-order valence-electron chi connectivity index (χ4n) is 7.93. The van der Waals surface area contributed by atoms with E-state index in [1.54, 1.807) is 76.2 Å². The number of carbonyl (C=O) groups excluding carboxylic acids is 11. The molecule has 5 heterocycles. The number of aliphatic hydroxyl groups is 1. The second-order valence-corrected chi connectivity index (χ2v) is 29.0. The fourth-order valence-corrected chi connectivity index (χ4v) is 7.93. The highest BCUT2D eigenvalue weighted by molar-refractivity contribution is 7.85. The van der Waals surface area contributed by atoms with Crippen molar-refractivity contribution >= 4 is 86.0 Å². The Morgan fingerprint density at radius 3 is 1.11 bits per heavy atom. The number of rotatable bonds is 13. The van der Waals surface area contributed by atoms with Crippen molar-refractivity contribution in [2.75, 3.05) is 52.9 Å². The number of carbonyl (C=O) groups is 11. The Labute approximate surface area is 691 Å². The zero-order valence-corrected chi connectivity index (χ0v) is 70.4. The van der Waals surface area contributed by atoms with Gasteiger partial charge in [-0.15, -0.1) is 25.7 Å². The Morgan fingerprint density at radius 1 is 0.576 bits per heavy atom. The summed E-state index contributed by atoms with van der Waals surface area (Å²) in [5.41, 5.74) is 10.9. The maximum Gasteiger partial charge on any atom is 0.491 e. The average Bonchev–Trinajstić information content (AvgIpc) is 1.65. The number of esters is 3. The third kappa shape index (κ3) is 84.8. The van der Waals surface area contributed by atoms with Crippen LogP contribution in [0.3, 0.4) is 0 Å². The molecule has 5 rings (SSSR count). The second kappa shape index (κ2) is 68.1. The van der Waals surface area contributed by atoms with E-state index in [0.29, 0.717) is 71.2 Å². The molecule has 36 nitrogen and oxygen atoms in total. The van der Waals surface area contributed by atoms with Crippen molar-refractivity contribution in [3.8, 4) is 109 Å². The Hall–Kier alpha value is -12.1. The minimum absolute atomic E-state index is 0. The summed E-state index contributed by atoms with van der Waals surface area (Å²) in [7, 11) is -5.10. The lowest BCUT2D eigenvalue weighted by Crippen LogP contribution is -2.47. The number of halogens is 3. The number of methoxy groups -OCH3 is 1. The second-order valence-electron chi connectivity index (χ2n) is 26.0. The minimum atomic E-state index is -5.09. The normalized spacial score (nSPS) is 15.3. The Kier molecular flexibility index (Phi) is 71.6. The molecule has 8 amide bonds. The summed E-state index contributed by atoms with van der Waals surface area (Å²) in [5, 5.41) is 42.4. The molecule has 4 fully saturated rings. The predicted octanol–water partition coefficient (Wildman–Crippen LogP) is 4.06. The van der Waals surface area contributed by atoms with Crippen molar-refractivity contribution in [3.63, 3.8) is 0 Å². The Morgan fingerprint density at radius 2 is 0.881 bits per heavy atom. The molecule has 0 radical (unpaired) electrons. The van der Waals surface area contributed by atoms with Gasteiger partial charge >= 0.3 is 42.4 Å². The van der Waals surface area contributed by atoms with Gasteiger partial charge < -0.3 is 83.6 Å². The number of primary amides is 1. The monoisotopic (exact) mass is 1710 g/mol. The predicted molar refractivity (Wildman–Crippen MR) is 432 cm³/mol. The highest BCUT2D eigenvalue weighted by Gasteiger charge is 2.42. The molecule has 17 N–H and O–H groups in total. The average molecular weight is 1710 g/mol. The van der Waals surface area contributed by atoms with Gasteiger partial charge in [-0.3, -0.25) is 42.9 Å². The molecule has 8 atom stereocenters. The molecule has 1 aromatic heterocycles. The van der Waals surface area contributed by atoms with Crippen molar-refractivity contribution in [3.05, 3.63) is 29.6 Å². The number of terminal acetylenes is 4. The molecular formula is C77H114F3N13O23S2. The topological polar surface area (TPSA) is 595 Å². The lowest BCUT2D eigenvalue weighted by Gasteiger charge is -2.23. The summed E-state index contributed by atoms with van der Waals surface area (Å²) in [6.07, 6.45) is 17.2. The van der Waals surface area contributed by atoms with E-state index in [0.717, 1.165) is 31.5 Å². The number of aryl methyl sites for hydroxylation is 2. The summed E-state index contributed by atoms with van der Waals surface area (Å²) < 4.78 is 108. The third-order valence-corrected chi connectivity index (χ3v) is 12.2. The first-order valence-electron chi connectivity index (χ1n) is 34.0. The van der Waals surface area contributed by atoms with Crippen LogP contribution in [-0.2, 0) is 82.3 Å². The number of hydrogen-bond donors (Lipinski definition) is 13. The van der Waals surface area contributed by atoms with E-state index in [2.05, 4.69) is 123 Å². The van der Waals surface area contributed by atoms with Crippen LogP contribution in [0.5, 0.6) is 0 Å². The number of nitriles is 2. The number of ether oxygens (including phenoxy) is 5. The van der Waals surface area contributed by atoms with E-state index in [1.807, 2.05) is 44.2 Å².